The van der Waals surface area contributed by atoms with Crippen LogP contribution in [0.1, 0.15) is 40.0 Å². The minimum Gasteiger partial charge on any atom is -0.306 e. The van der Waals surface area contributed by atoms with Crippen molar-refractivity contribution in [2.75, 3.05) is 11.6 Å². The number of sulfone groups is 1. The van der Waals surface area contributed by atoms with E-state index >= 15 is 0 Å². The van der Waals surface area contributed by atoms with Crippen LogP contribution in [0.3, 0.4) is 0 Å². The van der Waals surface area contributed by atoms with Crippen molar-refractivity contribution in [2.45, 2.75) is 37.5 Å². The molecular formula is C23H22N4O3S2. The Hall–Kier alpha value is -3.04. The van der Waals surface area contributed by atoms with Crippen LogP contribution in [0.4, 0.5) is 5.82 Å². The third kappa shape index (κ3) is 3.93. The lowest BCUT2D eigenvalue weighted by atomic mass is 9.92. The zero-order valence-corrected chi connectivity index (χ0v) is 19.4. The van der Waals surface area contributed by atoms with Gasteiger partial charge in [-0.15, -0.1) is 0 Å². The molecule has 5 rings (SSSR count). The van der Waals surface area contributed by atoms with E-state index in [1.807, 2.05) is 6.92 Å². The minimum absolute atomic E-state index is 0.102. The molecule has 2 heterocycles. The Morgan fingerprint density at radius 2 is 1.84 bits per heavy atom. The molecule has 7 nitrogen and oxygen atoms in total. The smallest absolute Gasteiger partial charge is 0.256 e. The normalized spacial score (nSPS) is 13.8. The predicted octanol–water partition coefficient (Wildman–Crippen LogP) is 4.33. The Morgan fingerprint density at radius 3 is 2.59 bits per heavy atom. The number of carbonyl (C=O) groups excluding carboxylic acids is 1. The number of aromatic nitrogens is 3. The highest BCUT2D eigenvalue weighted by Gasteiger charge is 2.18. The van der Waals surface area contributed by atoms with Crippen LogP contribution in [-0.4, -0.2) is 35.3 Å². The molecule has 0 aliphatic heterocycles. The van der Waals surface area contributed by atoms with Crippen molar-refractivity contribution in [2.24, 2.45) is 0 Å². The first kappa shape index (κ1) is 20.8. The molecule has 1 amide bonds. The number of anilines is 1. The Kier molecular flexibility index (Phi) is 5.10. The van der Waals surface area contributed by atoms with E-state index < -0.39 is 15.7 Å². The molecule has 2 aromatic heterocycles. The fourth-order valence-electron chi connectivity index (χ4n) is 4.02. The maximum Gasteiger partial charge on any atom is 0.256 e. The second kappa shape index (κ2) is 7.83. The Balaban J connectivity index is 1.49. The number of carbonyl (C=O) groups is 1. The number of nitrogens with zero attached hydrogens (tertiary/aromatic N) is 3. The van der Waals surface area contributed by atoms with Crippen molar-refractivity contribution in [3.63, 3.8) is 0 Å². The van der Waals surface area contributed by atoms with Gasteiger partial charge in [0.05, 0.1) is 20.8 Å². The molecule has 0 fully saturated rings. The lowest BCUT2D eigenvalue weighted by Gasteiger charge is -2.14. The summed E-state index contributed by atoms with van der Waals surface area (Å²) in [6.45, 7) is 1.85. The van der Waals surface area contributed by atoms with Gasteiger partial charge in [-0.3, -0.25) is 4.79 Å². The van der Waals surface area contributed by atoms with Gasteiger partial charge in [0.25, 0.3) is 5.91 Å². The molecule has 1 N–H and O–H groups in total. The molecule has 0 unspecified atom stereocenters. The Morgan fingerprint density at radius 1 is 1.09 bits per heavy atom. The van der Waals surface area contributed by atoms with Crippen molar-refractivity contribution in [3.05, 3.63) is 64.8 Å². The summed E-state index contributed by atoms with van der Waals surface area (Å²) in [7, 11) is -3.41. The van der Waals surface area contributed by atoms with Crippen LogP contribution in [0.5, 0.6) is 0 Å². The third-order valence-electron chi connectivity index (χ3n) is 5.62. The summed E-state index contributed by atoms with van der Waals surface area (Å²) in [6, 6.07) is 12.2. The molecule has 0 atom stereocenters. The molecule has 4 aromatic rings. The Bertz CT molecular complexity index is 1420. The van der Waals surface area contributed by atoms with E-state index in [1.54, 1.807) is 22.9 Å². The number of nitrogens with one attached hydrogen (secondary N) is 1. The fourth-order valence-corrected chi connectivity index (χ4v) is 5.67. The van der Waals surface area contributed by atoms with Gasteiger partial charge in [0.2, 0.25) is 5.13 Å². The number of hydrogen-bond acceptors (Lipinski definition) is 6. The third-order valence-corrected chi connectivity index (χ3v) is 7.72. The number of benzene rings is 2. The van der Waals surface area contributed by atoms with Crippen molar-refractivity contribution in [1.29, 1.82) is 0 Å². The van der Waals surface area contributed by atoms with Crippen molar-refractivity contribution < 1.29 is 13.2 Å². The number of thiazole rings is 1. The van der Waals surface area contributed by atoms with Gasteiger partial charge >= 0.3 is 0 Å². The molecule has 0 radical (unpaired) electrons. The van der Waals surface area contributed by atoms with Gasteiger partial charge in [0.15, 0.2) is 9.84 Å². The maximum absolute atomic E-state index is 12.9. The van der Waals surface area contributed by atoms with Crippen LogP contribution < -0.4 is 5.32 Å². The highest BCUT2D eigenvalue weighted by atomic mass is 32.2. The topological polar surface area (TPSA) is 94.0 Å². The number of fused-ring (bicyclic) bond motifs is 2. The summed E-state index contributed by atoms with van der Waals surface area (Å²) in [4.78, 5) is 17.7. The lowest BCUT2D eigenvalue weighted by Crippen LogP contribution is -2.15. The first-order chi connectivity index (χ1) is 15.3. The quantitative estimate of drug-likeness (QED) is 0.483. The van der Waals surface area contributed by atoms with Gasteiger partial charge in [-0.05, 0) is 74.1 Å². The highest BCUT2D eigenvalue weighted by Crippen LogP contribution is 2.32. The van der Waals surface area contributed by atoms with E-state index in [-0.39, 0.29) is 10.5 Å². The summed E-state index contributed by atoms with van der Waals surface area (Å²) in [5.74, 6) is 0.0781. The largest absolute Gasteiger partial charge is 0.306 e. The molecule has 1 aliphatic carbocycles. The average Bonchev–Trinajstić information content (AvgIpc) is 3.33. The molecule has 1 aliphatic rings. The SMILES string of the molecule is Cc1cc(NC(=O)c2cccc(S(C)(=O)=O)c2)n(-c2nc3cc4c(cc3s2)CCCC4)n1. The highest BCUT2D eigenvalue weighted by molar-refractivity contribution is 7.90. The summed E-state index contributed by atoms with van der Waals surface area (Å²) >= 11 is 1.54. The summed E-state index contributed by atoms with van der Waals surface area (Å²) in [5, 5.41) is 8.07. The molecule has 2 aromatic carbocycles. The number of aryl methyl sites for hydroxylation is 3. The van der Waals surface area contributed by atoms with Crippen LogP contribution in [-0.2, 0) is 22.7 Å². The second-order valence-corrected chi connectivity index (χ2v) is 11.2. The average molecular weight is 467 g/mol. The standard InChI is InChI=1S/C23H22N4O3S2/c1-14-10-21(25-22(28)17-8-5-9-18(11-17)32(2,29)30)27(26-14)23-24-19-12-15-6-3-4-7-16(15)13-20(19)31-23/h5,8-13H,3-4,6-7H2,1-2H3,(H,25,28). The monoisotopic (exact) mass is 466 g/mol. The van der Waals surface area contributed by atoms with Crippen molar-refractivity contribution in [3.8, 4) is 5.13 Å². The zero-order valence-electron chi connectivity index (χ0n) is 17.8. The molecule has 0 saturated carbocycles. The molecule has 0 saturated heterocycles. The van der Waals surface area contributed by atoms with Gasteiger partial charge < -0.3 is 5.32 Å². The molecule has 0 bridgehead atoms. The van der Waals surface area contributed by atoms with E-state index in [4.69, 9.17) is 4.98 Å². The molecular weight excluding hydrogens is 444 g/mol. The van der Waals surface area contributed by atoms with E-state index in [0.717, 1.165) is 35.0 Å². The first-order valence-electron chi connectivity index (χ1n) is 10.4. The van der Waals surface area contributed by atoms with E-state index in [2.05, 4.69) is 22.5 Å². The van der Waals surface area contributed by atoms with Crippen LogP contribution in [0.25, 0.3) is 15.3 Å². The van der Waals surface area contributed by atoms with Gasteiger partial charge in [0.1, 0.15) is 5.82 Å². The van der Waals surface area contributed by atoms with Crippen LogP contribution >= 0.6 is 11.3 Å². The van der Waals surface area contributed by atoms with E-state index in [9.17, 15) is 13.2 Å². The van der Waals surface area contributed by atoms with E-state index in [0.29, 0.717) is 10.9 Å². The summed E-state index contributed by atoms with van der Waals surface area (Å²) in [6.07, 6.45) is 5.75. The fraction of sp³-hybridized carbons (Fsp3) is 0.261. The van der Waals surface area contributed by atoms with Gasteiger partial charge in [0, 0.05) is 17.9 Å². The number of hydrogen-bond donors (Lipinski definition) is 1. The summed E-state index contributed by atoms with van der Waals surface area (Å²) < 4.78 is 26.4. The van der Waals surface area contributed by atoms with Crippen LogP contribution in [0.15, 0.2) is 47.4 Å². The lowest BCUT2D eigenvalue weighted by molar-refractivity contribution is 0.102. The molecule has 32 heavy (non-hydrogen) atoms. The van der Waals surface area contributed by atoms with Crippen LogP contribution in [0.2, 0.25) is 0 Å². The minimum atomic E-state index is -3.41. The Labute approximate surface area is 190 Å². The first-order valence-corrected chi connectivity index (χ1v) is 13.1. The summed E-state index contributed by atoms with van der Waals surface area (Å²) in [5.41, 5.74) is 4.71. The molecule has 9 heteroatoms. The van der Waals surface area contributed by atoms with E-state index in [1.165, 1.54) is 47.4 Å². The molecule has 0 spiro atoms. The van der Waals surface area contributed by atoms with Gasteiger partial charge in [-0.25, -0.2) is 13.4 Å². The zero-order chi connectivity index (χ0) is 22.5. The predicted molar refractivity (Wildman–Crippen MR) is 126 cm³/mol. The van der Waals surface area contributed by atoms with Gasteiger partial charge in [-0.1, -0.05) is 17.4 Å². The second-order valence-electron chi connectivity index (χ2n) is 8.13. The van der Waals surface area contributed by atoms with Crippen molar-refractivity contribution >= 4 is 43.1 Å². The van der Waals surface area contributed by atoms with Gasteiger partial charge in [-0.2, -0.15) is 9.78 Å². The van der Waals surface area contributed by atoms with Crippen molar-refractivity contribution in [1.82, 2.24) is 14.8 Å². The molecule has 164 valence electrons. The number of amides is 1. The van der Waals surface area contributed by atoms with Crippen LogP contribution in [0, 0.1) is 6.92 Å². The number of rotatable bonds is 4. The maximum atomic E-state index is 12.9.